The number of aliphatic hydroxyl groups is 1. The van der Waals surface area contributed by atoms with E-state index in [2.05, 4.69) is 9.97 Å². The van der Waals surface area contributed by atoms with Gasteiger partial charge in [0.1, 0.15) is 0 Å². The van der Waals surface area contributed by atoms with Crippen molar-refractivity contribution in [2.75, 3.05) is 18.1 Å². The van der Waals surface area contributed by atoms with Gasteiger partial charge >= 0.3 is 0 Å². The Morgan fingerprint density at radius 1 is 1.39 bits per heavy atom. The van der Waals surface area contributed by atoms with Crippen LogP contribution >= 0.6 is 11.6 Å². The molecule has 0 unspecified atom stereocenters. The third kappa shape index (κ3) is 3.09. The fourth-order valence-electron chi connectivity index (χ4n) is 2.50. The molecular weight excluding hydrogens is 257 g/mol. The molecule has 1 fully saturated rings. The van der Waals surface area contributed by atoms with Gasteiger partial charge in [0.15, 0.2) is 11.6 Å². The second-order valence-electron chi connectivity index (χ2n) is 4.52. The Bertz CT molecular complexity index is 399. The van der Waals surface area contributed by atoms with Crippen molar-refractivity contribution in [3.63, 3.8) is 0 Å². The van der Waals surface area contributed by atoms with E-state index in [9.17, 15) is 4.39 Å². The van der Waals surface area contributed by atoms with Gasteiger partial charge in [0.2, 0.25) is 5.28 Å². The van der Waals surface area contributed by atoms with Crippen LogP contribution in [0.5, 0.6) is 0 Å². The van der Waals surface area contributed by atoms with E-state index in [1.807, 2.05) is 4.90 Å². The zero-order valence-electron chi connectivity index (χ0n) is 10.1. The number of rotatable bonds is 4. The average Bonchev–Trinajstić information content (AvgIpc) is 2.40. The van der Waals surface area contributed by atoms with Crippen molar-refractivity contribution >= 4 is 17.4 Å². The molecule has 1 heterocycles. The largest absolute Gasteiger partial charge is 0.395 e. The molecule has 0 aromatic carbocycles. The lowest BCUT2D eigenvalue weighted by Gasteiger charge is -2.34. The van der Waals surface area contributed by atoms with E-state index in [-0.39, 0.29) is 23.8 Å². The molecule has 0 amide bonds. The van der Waals surface area contributed by atoms with Gasteiger partial charge in [0.25, 0.3) is 0 Å². The highest BCUT2D eigenvalue weighted by molar-refractivity contribution is 6.28. The molecule has 0 bridgehead atoms. The molecule has 0 saturated heterocycles. The fraction of sp³-hybridized carbons (Fsp3) is 0.667. The first-order valence-electron chi connectivity index (χ1n) is 6.28. The van der Waals surface area contributed by atoms with Gasteiger partial charge in [-0.2, -0.15) is 4.98 Å². The van der Waals surface area contributed by atoms with Crippen molar-refractivity contribution in [2.45, 2.75) is 38.1 Å². The van der Waals surface area contributed by atoms with Crippen molar-refractivity contribution < 1.29 is 9.50 Å². The van der Waals surface area contributed by atoms with Crippen LogP contribution < -0.4 is 4.90 Å². The van der Waals surface area contributed by atoms with Crippen LogP contribution in [0.3, 0.4) is 0 Å². The summed E-state index contributed by atoms with van der Waals surface area (Å²) in [5, 5.41) is 9.18. The molecule has 18 heavy (non-hydrogen) atoms. The molecular formula is C12H17ClFN3O. The summed E-state index contributed by atoms with van der Waals surface area (Å²) in [4.78, 5) is 9.40. The minimum absolute atomic E-state index is 0.0302. The monoisotopic (exact) mass is 273 g/mol. The first kappa shape index (κ1) is 13.5. The minimum atomic E-state index is -0.488. The summed E-state index contributed by atoms with van der Waals surface area (Å²) >= 11 is 5.72. The number of aliphatic hydroxyl groups excluding tert-OH is 1. The van der Waals surface area contributed by atoms with E-state index in [1.165, 1.54) is 6.42 Å². The van der Waals surface area contributed by atoms with Crippen LogP contribution in [0.4, 0.5) is 10.2 Å². The number of hydrogen-bond acceptors (Lipinski definition) is 4. The Balaban J connectivity index is 2.24. The molecule has 2 rings (SSSR count). The summed E-state index contributed by atoms with van der Waals surface area (Å²) in [5.74, 6) is -0.283. The van der Waals surface area contributed by atoms with E-state index in [4.69, 9.17) is 16.7 Å². The predicted octanol–water partition coefficient (Wildman–Crippen LogP) is 2.40. The van der Waals surface area contributed by atoms with Crippen LogP contribution in [0, 0.1) is 5.82 Å². The molecule has 100 valence electrons. The maximum atomic E-state index is 13.8. The molecule has 1 aromatic heterocycles. The molecule has 0 aliphatic heterocycles. The molecule has 1 aliphatic carbocycles. The van der Waals surface area contributed by atoms with Gasteiger partial charge in [-0.05, 0) is 24.4 Å². The van der Waals surface area contributed by atoms with Crippen LogP contribution in [0.25, 0.3) is 0 Å². The second kappa shape index (κ2) is 6.29. The standard InChI is InChI=1S/C12H17ClFN3O/c13-12-15-8-10(14)11(16-12)17(6-7-18)9-4-2-1-3-5-9/h8-9,18H,1-7H2. The summed E-state index contributed by atoms with van der Waals surface area (Å²) in [6.45, 7) is 0.340. The number of hydrogen-bond donors (Lipinski definition) is 1. The Hall–Kier alpha value is -0.940. The molecule has 1 aliphatic rings. The van der Waals surface area contributed by atoms with Crippen molar-refractivity contribution in [2.24, 2.45) is 0 Å². The molecule has 0 spiro atoms. The smallest absolute Gasteiger partial charge is 0.224 e. The quantitative estimate of drug-likeness (QED) is 0.856. The van der Waals surface area contributed by atoms with E-state index in [0.717, 1.165) is 31.9 Å². The van der Waals surface area contributed by atoms with Crippen LogP contribution in [-0.2, 0) is 0 Å². The Morgan fingerprint density at radius 3 is 2.78 bits per heavy atom. The summed E-state index contributed by atoms with van der Waals surface area (Å²) in [6.07, 6.45) is 6.57. The number of aromatic nitrogens is 2. The van der Waals surface area contributed by atoms with E-state index >= 15 is 0 Å². The van der Waals surface area contributed by atoms with Gasteiger partial charge in [0, 0.05) is 12.6 Å². The van der Waals surface area contributed by atoms with Gasteiger partial charge in [0.05, 0.1) is 12.8 Å². The summed E-state index contributed by atoms with van der Waals surface area (Å²) in [7, 11) is 0. The first-order chi connectivity index (χ1) is 8.72. The molecule has 1 aromatic rings. The van der Waals surface area contributed by atoms with Crippen LogP contribution in [0.2, 0.25) is 5.28 Å². The summed E-state index contributed by atoms with van der Waals surface area (Å²) < 4.78 is 13.8. The van der Waals surface area contributed by atoms with Gasteiger partial charge in [-0.3, -0.25) is 0 Å². The maximum Gasteiger partial charge on any atom is 0.224 e. The number of anilines is 1. The number of nitrogens with zero attached hydrogens (tertiary/aromatic N) is 3. The zero-order chi connectivity index (χ0) is 13.0. The lowest BCUT2D eigenvalue weighted by atomic mass is 9.94. The molecule has 0 radical (unpaired) electrons. The average molecular weight is 274 g/mol. The van der Waals surface area contributed by atoms with Crippen molar-refractivity contribution in [3.05, 3.63) is 17.3 Å². The van der Waals surface area contributed by atoms with Crippen LogP contribution in [0.1, 0.15) is 32.1 Å². The van der Waals surface area contributed by atoms with E-state index < -0.39 is 5.82 Å². The third-order valence-electron chi connectivity index (χ3n) is 3.32. The molecule has 1 saturated carbocycles. The SMILES string of the molecule is OCCN(c1nc(Cl)ncc1F)C1CCCCC1. The lowest BCUT2D eigenvalue weighted by molar-refractivity contribution is 0.288. The Morgan fingerprint density at radius 2 is 2.11 bits per heavy atom. The highest BCUT2D eigenvalue weighted by atomic mass is 35.5. The number of halogens is 2. The minimum Gasteiger partial charge on any atom is -0.395 e. The van der Waals surface area contributed by atoms with Gasteiger partial charge in [-0.15, -0.1) is 0 Å². The molecule has 6 heteroatoms. The second-order valence-corrected chi connectivity index (χ2v) is 4.86. The topological polar surface area (TPSA) is 49.2 Å². The molecule has 1 N–H and O–H groups in total. The van der Waals surface area contributed by atoms with E-state index in [0.29, 0.717) is 6.54 Å². The normalized spacial score (nSPS) is 16.8. The molecule has 0 atom stereocenters. The highest BCUT2D eigenvalue weighted by Gasteiger charge is 2.24. The van der Waals surface area contributed by atoms with Crippen molar-refractivity contribution in [3.8, 4) is 0 Å². The highest BCUT2D eigenvalue weighted by Crippen LogP contribution is 2.27. The Labute approximate surface area is 111 Å². The van der Waals surface area contributed by atoms with Crippen molar-refractivity contribution in [1.82, 2.24) is 9.97 Å². The Kier molecular flexibility index (Phi) is 4.72. The first-order valence-corrected chi connectivity index (χ1v) is 6.65. The zero-order valence-corrected chi connectivity index (χ0v) is 10.9. The van der Waals surface area contributed by atoms with Gasteiger partial charge in [-0.1, -0.05) is 19.3 Å². The van der Waals surface area contributed by atoms with Crippen LogP contribution in [-0.4, -0.2) is 34.3 Å². The van der Waals surface area contributed by atoms with Crippen LogP contribution in [0.15, 0.2) is 6.20 Å². The van der Waals surface area contributed by atoms with Gasteiger partial charge in [-0.25, -0.2) is 9.37 Å². The maximum absolute atomic E-state index is 13.8. The predicted molar refractivity (Wildman–Crippen MR) is 68.3 cm³/mol. The third-order valence-corrected chi connectivity index (χ3v) is 3.51. The van der Waals surface area contributed by atoms with Crippen molar-refractivity contribution in [1.29, 1.82) is 0 Å². The summed E-state index contributed by atoms with van der Waals surface area (Å²) in [6, 6.07) is 0.228. The van der Waals surface area contributed by atoms with Gasteiger partial charge < -0.3 is 10.0 Å². The fourth-order valence-corrected chi connectivity index (χ4v) is 2.63. The lowest BCUT2D eigenvalue weighted by Crippen LogP contribution is -2.40. The summed E-state index contributed by atoms with van der Waals surface area (Å²) in [5.41, 5.74) is 0. The van der Waals surface area contributed by atoms with E-state index in [1.54, 1.807) is 0 Å². The molecule has 4 nitrogen and oxygen atoms in total.